The SMILES string of the molecule is Cn1ncc(-c2ccnc(NC3CCC(NS(=O)(=O)c4cccc(F)c4)CC3)n2)c1N. The van der Waals surface area contributed by atoms with Gasteiger partial charge in [0.2, 0.25) is 16.0 Å². The molecule has 1 aromatic carbocycles. The lowest BCUT2D eigenvalue weighted by Crippen LogP contribution is -2.40. The van der Waals surface area contributed by atoms with E-state index < -0.39 is 15.8 Å². The Kier molecular flexibility index (Phi) is 5.88. The minimum Gasteiger partial charge on any atom is -0.383 e. The van der Waals surface area contributed by atoms with E-state index in [0.29, 0.717) is 30.3 Å². The maximum absolute atomic E-state index is 13.4. The van der Waals surface area contributed by atoms with Crippen LogP contribution in [0.5, 0.6) is 0 Å². The predicted molar refractivity (Wildman–Crippen MR) is 115 cm³/mol. The Labute approximate surface area is 180 Å². The number of aromatic nitrogens is 4. The van der Waals surface area contributed by atoms with E-state index in [0.717, 1.165) is 24.5 Å². The summed E-state index contributed by atoms with van der Waals surface area (Å²) in [5.74, 6) is 0.436. The van der Waals surface area contributed by atoms with Crippen molar-refractivity contribution in [3.05, 3.63) is 48.5 Å². The number of aryl methyl sites for hydroxylation is 1. The Bertz CT molecular complexity index is 1170. The Morgan fingerprint density at radius 3 is 2.58 bits per heavy atom. The summed E-state index contributed by atoms with van der Waals surface area (Å²) >= 11 is 0. The monoisotopic (exact) mass is 445 g/mol. The van der Waals surface area contributed by atoms with E-state index in [1.165, 1.54) is 18.2 Å². The standard InChI is InChI=1S/C20H24FN7O2S/c1-28-19(22)17(12-24-28)18-9-10-23-20(26-18)25-14-5-7-15(8-6-14)27-31(29,30)16-4-2-3-13(21)11-16/h2-4,9-12,14-15,27H,5-8,22H2,1H3,(H,23,25,26). The van der Waals surface area contributed by atoms with Crippen LogP contribution >= 0.6 is 0 Å². The zero-order valence-corrected chi connectivity index (χ0v) is 17.8. The summed E-state index contributed by atoms with van der Waals surface area (Å²) in [7, 11) is -1.99. The van der Waals surface area contributed by atoms with Gasteiger partial charge in [-0.25, -0.2) is 27.5 Å². The van der Waals surface area contributed by atoms with Gasteiger partial charge in [-0.2, -0.15) is 5.10 Å². The highest BCUT2D eigenvalue weighted by Crippen LogP contribution is 2.26. The van der Waals surface area contributed by atoms with Crippen molar-refractivity contribution in [1.82, 2.24) is 24.5 Å². The molecule has 0 atom stereocenters. The molecule has 1 aliphatic carbocycles. The van der Waals surface area contributed by atoms with Crippen LogP contribution < -0.4 is 15.8 Å². The number of halogens is 1. The Balaban J connectivity index is 1.35. The van der Waals surface area contributed by atoms with Crippen LogP contribution in [0.3, 0.4) is 0 Å². The van der Waals surface area contributed by atoms with E-state index in [9.17, 15) is 12.8 Å². The number of benzene rings is 1. The van der Waals surface area contributed by atoms with Crippen molar-refractivity contribution in [2.24, 2.45) is 7.05 Å². The second kappa shape index (κ2) is 8.60. The van der Waals surface area contributed by atoms with Crippen LogP contribution in [0.2, 0.25) is 0 Å². The van der Waals surface area contributed by atoms with Crippen molar-refractivity contribution < 1.29 is 12.8 Å². The molecule has 31 heavy (non-hydrogen) atoms. The number of hydrogen-bond donors (Lipinski definition) is 3. The molecule has 2 heterocycles. The molecule has 3 aromatic rings. The van der Waals surface area contributed by atoms with Crippen molar-refractivity contribution >= 4 is 21.8 Å². The number of sulfonamides is 1. The molecule has 11 heteroatoms. The van der Waals surface area contributed by atoms with Crippen molar-refractivity contribution in [2.45, 2.75) is 42.7 Å². The maximum atomic E-state index is 13.4. The minimum absolute atomic E-state index is 0.0624. The predicted octanol–water partition coefficient (Wildman–Crippen LogP) is 2.30. The molecule has 164 valence electrons. The average molecular weight is 446 g/mol. The molecule has 0 bridgehead atoms. The van der Waals surface area contributed by atoms with Crippen LogP contribution in [-0.4, -0.2) is 40.2 Å². The van der Waals surface area contributed by atoms with E-state index in [1.807, 2.05) is 0 Å². The molecule has 0 radical (unpaired) electrons. The Morgan fingerprint density at radius 1 is 1.16 bits per heavy atom. The third kappa shape index (κ3) is 4.83. The zero-order chi connectivity index (χ0) is 22.0. The molecule has 0 unspecified atom stereocenters. The normalized spacial score (nSPS) is 19.3. The first kappa shape index (κ1) is 21.2. The van der Waals surface area contributed by atoms with Crippen molar-refractivity contribution in [3.63, 3.8) is 0 Å². The van der Waals surface area contributed by atoms with Gasteiger partial charge in [-0.05, 0) is 49.9 Å². The molecule has 0 amide bonds. The van der Waals surface area contributed by atoms with Crippen molar-refractivity contribution in [1.29, 1.82) is 0 Å². The first-order valence-electron chi connectivity index (χ1n) is 9.97. The van der Waals surface area contributed by atoms with Gasteiger partial charge in [-0.1, -0.05) is 6.07 Å². The summed E-state index contributed by atoms with van der Waals surface area (Å²) in [5.41, 5.74) is 7.45. The van der Waals surface area contributed by atoms with E-state index in [-0.39, 0.29) is 17.0 Å². The molecule has 0 aliphatic heterocycles. The topological polar surface area (TPSA) is 128 Å². The molecule has 4 N–H and O–H groups in total. The summed E-state index contributed by atoms with van der Waals surface area (Å²) in [6.45, 7) is 0. The molecular formula is C20H24FN7O2S. The molecule has 1 aliphatic rings. The fourth-order valence-electron chi connectivity index (χ4n) is 3.68. The number of rotatable bonds is 6. The van der Waals surface area contributed by atoms with Gasteiger partial charge in [0.15, 0.2) is 0 Å². The van der Waals surface area contributed by atoms with Crippen LogP contribution in [-0.2, 0) is 17.1 Å². The largest absolute Gasteiger partial charge is 0.383 e. The summed E-state index contributed by atoms with van der Waals surface area (Å²) in [6, 6.07) is 6.71. The first-order valence-corrected chi connectivity index (χ1v) is 11.5. The van der Waals surface area contributed by atoms with E-state index >= 15 is 0 Å². The molecule has 1 saturated carbocycles. The lowest BCUT2D eigenvalue weighted by atomic mass is 9.92. The molecule has 0 spiro atoms. The van der Waals surface area contributed by atoms with E-state index in [1.54, 1.807) is 30.2 Å². The molecule has 9 nitrogen and oxygen atoms in total. The van der Waals surface area contributed by atoms with Gasteiger partial charge in [0, 0.05) is 25.3 Å². The van der Waals surface area contributed by atoms with Crippen molar-refractivity contribution in [3.8, 4) is 11.3 Å². The van der Waals surface area contributed by atoms with Crippen molar-refractivity contribution in [2.75, 3.05) is 11.1 Å². The highest BCUT2D eigenvalue weighted by molar-refractivity contribution is 7.89. The third-order valence-corrected chi connectivity index (χ3v) is 6.92. The lowest BCUT2D eigenvalue weighted by molar-refractivity contribution is 0.386. The van der Waals surface area contributed by atoms with Crippen LogP contribution in [0.1, 0.15) is 25.7 Å². The quantitative estimate of drug-likeness (QED) is 0.531. The molecule has 2 aromatic heterocycles. The lowest BCUT2D eigenvalue weighted by Gasteiger charge is -2.29. The van der Waals surface area contributed by atoms with Gasteiger partial charge in [-0.15, -0.1) is 0 Å². The highest BCUT2D eigenvalue weighted by Gasteiger charge is 2.26. The van der Waals surface area contributed by atoms with Crippen LogP contribution in [0.25, 0.3) is 11.3 Å². The van der Waals surface area contributed by atoms with E-state index in [4.69, 9.17) is 5.73 Å². The molecular weight excluding hydrogens is 421 g/mol. The van der Waals surface area contributed by atoms with Gasteiger partial charge >= 0.3 is 0 Å². The van der Waals surface area contributed by atoms with Crippen LogP contribution in [0, 0.1) is 5.82 Å². The second-order valence-electron chi connectivity index (χ2n) is 7.60. The number of nitrogens with one attached hydrogen (secondary N) is 2. The second-order valence-corrected chi connectivity index (χ2v) is 9.32. The van der Waals surface area contributed by atoms with Gasteiger partial charge in [-0.3, -0.25) is 4.68 Å². The number of nitrogens with zero attached hydrogens (tertiary/aromatic N) is 4. The molecule has 0 saturated heterocycles. The maximum Gasteiger partial charge on any atom is 0.240 e. The van der Waals surface area contributed by atoms with Gasteiger partial charge in [0.1, 0.15) is 11.6 Å². The number of anilines is 2. The van der Waals surface area contributed by atoms with Crippen LogP contribution in [0.4, 0.5) is 16.2 Å². The van der Waals surface area contributed by atoms with Gasteiger partial charge < -0.3 is 11.1 Å². The molecule has 4 rings (SSSR count). The number of nitrogen functional groups attached to an aromatic ring is 1. The Morgan fingerprint density at radius 2 is 1.90 bits per heavy atom. The van der Waals surface area contributed by atoms with Gasteiger partial charge in [0.05, 0.1) is 22.3 Å². The zero-order valence-electron chi connectivity index (χ0n) is 17.0. The average Bonchev–Trinajstić information content (AvgIpc) is 3.08. The minimum atomic E-state index is -3.75. The van der Waals surface area contributed by atoms with E-state index in [2.05, 4.69) is 25.1 Å². The third-order valence-electron chi connectivity index (χ3n) is 5.40. The highest BCUT2D eigenvalue weighted by atomic mass is 32.2. The number of hydrogen-bond acceptors (Lipinski definition) is 7. The summed E-state index contributed by atoms with van der Waals surface area (Å²) in [4.78, 5) is 8.76. The first-order chi connectivity index (χ1) is 14.8. The fourth-order valence-corrected chi connectivity index (χ4v) is 5.02. The smallest absolute Gasteiger partial charge is 0.240 e. The Hall–Kier alpha value is -3.05. The summed E-state index contributed by atoms with van der Waals surface area (Å²) in [6.07, 6.45) is 6.13. The summed E-state index contributed by atoms with van der Waals surface area (Å²) in [5, 5.41) is 7.46. The van der Waals surface area contributed by atoms with Crippen LogP contribution in [0.15, 0.2) is 47.6 Å². The fraction of sp³-hybridized carbons (Fsp3) is 0.350. The number of nitrogens with two attached hydrogens (primary N) is 1. The van der Waals surface area contributed by atoms with Gasteiger partial charge in [0.25, 0.3) is 0 Å². The summed E-state index contributed by atoms with van der Waals surface area (Å²) < 4.78 is 42.6. The molecule has 1 fully saturated rings.